The van der Waals surface area contributed by atoms with E-state index in [-0.39, 0.29) is 111 Å². The maximum atomic E-state index is 2.00. The molecule has 0 bridgehead atoms. The molecular formula is C27H96. The average molecular weight is 421 g/mol. The smallest absolute Gasteiger partial charge is 0.0683 e. The second-order valence-electron chi connectivity index (χ2n) is 0. The van der Waals surface area contributed by atoms with E-state index in [4.69, 9.17) is 0 Å². The highest BCUT2D eigenvalue weighted by atomic mass is 13.0. The molecule has 0 saturated heterocycles. The molecule has 0 atom stereocenters. The molecule has 0 aliphatic carbocycles. The fourth-order valence-corrected chi connectivity index (χ4v) is 0. The lowest BCUT2D eigenvalue weighted by Crippen LogP contribution is -0.856. The second-order valence-corrected chi connectivity index (χ2v) is 0. The molecule has 0 nitrogen and oxygen atoms in total. The van der Waals surface area contributed by atoms with Crippen LogP contribution >= 0.6 is 0 Å². The van der Waals surface area contributed by atoms with E-state index in [1.165, 1.54) is 0 Å². The molecule has 0 radical (unpaired) electrons. The summed E-state index contributed by atoms with van der Waals surface area (Å²) >= 11 is 0. The van der Waals surface area contributed by atoms with Crippen molar-refractivity contribution >= 4 is 0 Å². The van der Waals surface area contributed by atoms with Crippen LogP contribution in [0.3, 0.4) is 0 Å². The Kier molecular flexibility index (Phi) is 0. The van der Waals surface area contributed by atoms with Gasteiger partial charge >= 0.3 is 0 Å². The second kappa shape index (κ2) is 0. The van der Waals surface area contributed by atoms with Crippen molar-refractivity contribution in [3.63, 3.8) is 0 Å². The van der Waals surface area contributed by atoms with Crippen molar-refractivity contribution in [1.82, 2.24) is 0 Å². The fraction of sp³-hybridized carbons (Fsp3) is 1.00. The third-order valence-corrected chi connectivity index (χ3v) is 0. The highest BCUT2D eigenvalue weighted by Gasteiger charge is 0.942. The topological polar surface area (TPSA) is 0 Å². The van der Waals surface area contributed by atoms with Crippen LogP contribution in [0.15, 0.2) is 0 Å². The van der Waals surface area contributed by atoms with Gasteiger partial charge in [-0.25, -0.2) is 0 Å². The third-order valence-electron chi connectivity index (χ3n) is 0. The van der Waals surface area contributed by atoms with Crippen molar-refractivity contribution in [2.45, 2.75) is 194 Å². The molecule has 0 unspecified atom stereocenters. The molecule has 0 fully saturated rings. The van der Waals surface area contributed by atoms with E-state index < -0.39 is 0 Å². The molecule has 0 rings (SSSR count). The van der Waals surface area contributed by atoms with E-state index in [9.17, 15) is 0 Å². The number of hydrogen-bond acceptors (Lipinski definition) is 0. The van der Waals surface area contributed by atoms with Crippen LogP contribution in [0.2, 0.25) is 0 Å². The highest BCUT2D eigenvalue weighted by molar-refractivity contribution is 3.51. The summed E-state index contributed by atoms with van der Waals surface area (Å²) in [4.78, 5) is 0. The SMILES string of the molecule is C.C.C.C.C.C.C.C.C.C.C.C.C.C.C.CC.CC.CC.CC.CC.CC. The molecule has 0 heterocycles. The van der Waals surface area contributed by atoms with Gasteiger partial charge in [0.15, 0.2) is 0 Å². The van der Waals surface area contributed by atoms with E-state index in [2.05, 4.69) is 0 Å². The minimum absolute atomic E-state index is 0. The van der Waals surface area contributed by atoms with Crippen molar-refractivity contribution in [2.24, 2.45) is 0 Å². The van der Waals surface area contributed by atoms with Crippen molar-refractivity contribution in [2.75, 3.05) is 0 Å². The Labute approximate surface area is 194 Å². The predicted molar refractivity (Wildman–Crippen MR) is 169 cm³/mol. The van der Waals surface area contributed by atoms with Crippen LogP contribution in [-0.2, 0) is 0 Å². The van der Waals surface area contributed by atoms with E-state index in [1.807, 2.05) is 83.1 Å². The van der Waals surface area contributed by atoms with Gasteiger partial charge in [0.25, 0.3) is 0 Å². The zero-order valence-corrected chi connectivity index (χ0v) is 12.0. The highest BCUT2D eigenvalue weighted by Crippen LogP contribution is 1.15. The van der Waals surface area contributed by atoms with Crippen LogP contribution in [0.25, 0.3) is 0 Å². The van der Waals surface area contributed by atoms with Gasteiger partial charge in [-0.1, -0.05) is 194 Å². The zero-order chi connectivity index (χ0) is 12.0. The lowest BCUT2D eigenvalue weighted by molar-refractivity contribution is 1.50. The van der Waals surface area contributed by atoms with Gasteiger partial charge in [-0.2, -0.15) is 0 Å². The third kappa shape index (κ3) is 0. The molecule has 0 aliphatic heterocycles. The Morgan fingerprint density at radius 2 is 0.111 bits per heavy atom. The van der Waals surface area contributed by atoms with E-state index in [1.54, 1.807) is 0 Å². The Morgan fingerprint density at radius 3 is 0.111 bits per heavy atom. The molecular weight excluding hydrogens is 324 g/mol. The molecule has 27 heavy (non-hydrogen) atoms. The lowest BCUT2D eigenvalue weighted by Gasteiger charge is -1.07. The molecule has 0 aromatic carbocycles. The van der Waals surface area contributed by atoms with Gasteiger partial charge in [0.2, 0.25) is 0 Å². The van der Waals surface area contributed by atoms with Gasteiger partial charge in [0.05, 0.1) is 0 Å². The Morgan fingerprint density at radius 1 is 0.111 bits per heavy atom. The van der Waals surface area contributed by atoms with Crippen LogP contribution in [0.1, 0.15) is 194 Å². The van der Waals surface area contributed by atoms with Gasteiger partial charge in [0, 0.05) is 0 Å². The summed E-state index contributed by atoms with van der Waals surface area (Å²) in [5.74, 6) is 0. The summed E-state index contributed by atoms with van der Waals surface area (Å²) in [6.45, 7) is 24.0. The molecule has 0 aliphatic rings. The molecule has 0 spiro atoms. The monoisotopic (exact) mass is 421 g/mol. The van der Waals surface area contributed by atoms with Crippen molar-refractivity contribution in [3.05, 3.63) is 0 Å². The molecule has 0 N–H and O–H groups in total. The molecule has 0 saturated carbocycles. The van der Waals surface area contributed by atoms with Crippen molar-refractivity contribution in [3.8, 4) is 0 Å². The molecule has 0 aromatic rings. The standard InChI is InChI=1S/6C2H6.15CH4/c6*1-2;;;;;;;;;;;;;;;/h6*1-2H3;15*1H4. The number of rotatable bonds is 0. The van der Waals surface area contributed by atoms with Gasteiger partial charge in [0.1, 0.15) is 0 Å². The van der Waals surface area contributed by atoms with Crippen LogP contribution in [0, 0.1) is 0 Å². The summed E-state index contributed by atoms with van der Waals surface area (Å²) in [6, 6.07) is 0. The maximum Gasteiger partial charge on any atom is -0.0683 e. The normalized spacial score (nSPS) is 1.33. The first-order valence-electron chi connectivity index (χ1n) is 6.00. The first-order valence-corrected chi connectivity index (χ1v) is 6.00. The molecule has 0 heteroatoms. The quantitative estimate of drug-likeness (QED) is 0.365. The van der Waals surface area contributed by atoms with Crippen molar-refractivity contribution < 1.29 is 0 Å². The minimum Gasteiger partial charge on any atom is -0.0776 e. The zero-order valence-electron chi connectivity index (χ0n) is 12.0. The van der Waals surface area contributed by atoms with Gasteiger partial charge in [-0.3, -0.25) is 0 Å². The number of hydrogen-bond donors (Lipinski definition) is 0. The summed E-state index contributed by atoms with van der Waals surface area (Å²) in [5.41, 5.74) is 0. The average Bonchev–Trinajstić information content (AvgIpc) is 2.33. The van der Waals surface area contributed by atoms with Crippen LogP contribution in [-0.4, -0.2) is 0 Å². The van der Waals surface area contributed by atoms with E-state index in [0.717, 1.165) is 0 Å². The fourth-order valence-electron chi connectivity index (χ4n) is 0. The predicted octanol–water partition coefficient (Wildman–Crippen LogP) is 15.7. The minimum atomic E-state index is 0. The van der Waals surface area contributed by atoms with E-state index in [0.29, 0.717) is 0 Å². The van der Waals surface area contributed by atoms with Crippen molar-refractivity contribution in [1.29, 1.82) is 0 Å². The van der Waals surface area contributed by atoms with Gasteiger partial charge in [-0.15, -0.1) is 0 Å². The Balaban J connectivity index is -0.000000000758. The first kappa shape index (κ1) is 507. The van der Waals surface area contributed by atoms with Gasteiger partial charge < -0.3 is 0 Å². The lowest BCUT2D eigenvalue weighted by atomic mass is 11.0. The van der Waals surface area contributed by atoms with Crippen LogP contribution < -0.4 is 0 Å². The Hall–Kier alpha value is 0. The molecule has 0 aromatic heterocycles. The van der Waals surface area contributed by atoms with Crippen LogP contribution in [0.4, 0.5) is 0 Å². The van der Waals surface area contributed by atoms with Crippen LogP contribution in [0.5, 0.6) is 0 Å². The maximum absolute atomic E-state index is 2.00. The molecule has 204 valence electrons. The molecule has 0 amide bonds. The summed E-state index contributed by atoms with van der Waals surface area (Å²) < 4.78 is 0. The summed E-state index contributed by atoms with van der Waals surface area (Å²) in [6.07, 6.45) is 0. The Bertz CT molecular complexity index is 0. The summed E-state index contributed by atoms with van der Waals surface area (Å²) in [7, 11) is 0. The van der Waals surface area contributed by atoms with E-state index >= 15 is 0 Å². The van der Waals surface area contributed by atoms with Gasteiger partial charge in [-0.05, 0) is 0 Å². The first-order chi connectivity index (χ1) is 6.00. The largest absolute Gasteiger partial charge is 0.0776 e. The summed E-state index contributed by atoms with van der Waals surface area (Å²) in [5, 5.41) is 0.